The number of ketones is 1. The van der Waals surface area contributed by atoms with E-state index in [9.17, 15) is 18.4 Å². The second-order valence-electron chi connectivity index (χ2n) is 4.08. The highest BCUT2D eigenvalue weighted by Crippen LogP contribution is 2.34. The van der Waals surface area contributed by atoms with Crippen molar-refractivity contribution >= 4 is 40.3 Å². The number of Topliss-reactive ketones (excluding diaryl/α,β-unsaturated/α-hetero) is 1. The Bertz CT molecular complexity index is 747. The average molecular weight is 315 g/mol. The summed E-state index contributed by atoms with van der Waals surface area (Å²) >= 11 is 6.79. The van der Waals surface area contributed by atoms with E-state index in [0.717, 1.165) is 22.3 Å². The first kappa shape index (κ1) is 13.1. The third-order valence-corrected chi connectivity index (χ3v) is 3.92. The molecule has 0 saturated heterocycles. The average Bonchev–Trinajstić information content (AvgIpc) is 2.88. The molecule has 0 atom stereocenters. The zero-order valence-corrected chi connectivity index (χ0v) is 11.3. The maximum Gasteiger partial charge on any atom is 0.299 e. The van der Waals surface area contributed by atoms with Gasteiger partial charge in [-0.05, 0) is 6.07 Å². The van der Waals surface area contributed by atoms with Gasteiger partial charge in [-0.25, -0.2) is 13.8 Å². The summed E-state index contributed by atoms with van der Waals surface area (Å²) in [4.78, 5) is 29.0. The molecule has 0 unspecified atom stereocenters. The van der Waals surface area contributed by atoms with Crippen molar-refractivity contribution in [2.45, 2.75) is 6.54 Å². The van der Waals surface area contributed by atoms with Gasteiger partial charge in [0.2, 0.25) is 0 Å². The third kappa shape index (κ3) is 1.99. The highest BCUT2D eigenvalue weighted by atomic mass is 35.5. The number of nitrogens with zero attached hydrogens (tertiary/aromatic N) is 2. The summed E-state index contributed by atoms with van der Waals surface area (Å²) in [6.07, 6.45) is 1.43. The summed E-state index contributed by atoms with van der Waals surface area (Å²) in [7, 11) is 0. The van der Waals surface area contributed by atoms with E-state index in [1.165, 1.54) is 6.20 Å². The van der Waals surface area contributed by atoms with E-state index in [0.29, 0.717) is 10.9 Å². The molecule has 1 aliphatic heterocycles. The standard InChI is InChI=1S/C12H5ClF2N2O2S/c13-12-16-3-6(20-12)4-17-9-7(10(18)11(17)19)1-5(14)2-8(9)15/h1-3H,4H2. The Morgan fingerprint density at radius 3 is 2.70 bits per heavy atom. The lowest BCUT2D eigenvalue weighted by Gasteiger charge is -2.15. The normalized spacial score (nSPS) is 14.1. The van der Waals surface area contributed by atoms with Gasteiger partial charge in [0.15, 0.2) is 10.3 Å². The molecule has 4 nitrogen and oxygen atoms in total. The van der Waals surface area contributed by atoms with E-state index in [4.69, 9.17) is 11.6 Å². The topological polar surface area (TPSA) is 50.3 Å². The summed E-state index contributed by atoms with van der Waals surface area (Å²) in [5, 5.41) is 0. The summed E-state index contributed by atoms with van der Waals surface area (Å²) in [6.45, 7) is -0.0372. The number of carbonyl (C=O) groups excluding carboxylic acids is 2. The van der Waals surface area contributed by atoms with Crippen molar-refractivity contribution in [2.75, 3.05) is 4.90 Å². The minimum absolute atomic E-state index is 0.0372. The van der Waals surface area contributed by atoms with Crippen molar-refractivity contribution in [2.24, 2.45) is 0 Å². The molecule has 20 heavy (non-hydrogen) atoms. The van der Waals surface area contributed by atoms with Crippen LogP contribution in [0.2, 0.25) is 4.47 Å². The van der Waals surface area contributed by atoms with Crippen molar-refractivity contribution in [1.82, 2.24) is 4.98 Å². The molecule has 1 aromatic carbocycles. The number of aromatic nitrogens is 1. The van der Waals surface area contributed by atoms with Gasteiger partial charge in [-0.2, -0.15) is 0 Å². The fourth-order valence-corrected chi connectivity index (χ4v) is 2.98. The van der Waals surface area contributed by atoms with E-state index in [1.54, 1.807) is 0 Å². The Labute approximate surface area is 120 Å². The molecule has 1 aliphatic rings. The number of thiazole rings is 1. The van der Waals surface area contributed by atoms with Gasteiger partial charge >= 0.3 is 0 Å². The van der Waals surface area contributed by atoms with E-state index in [1.807, 2.05) is 0 Å². The molecule has 3 rings (SSSR count). The molecule has 0 N–H and O–H groups in total. The van der Waals surface area contributed by atoms with E-state index >= 15 is 0 Å². The largest absolute Gasteiger partial charge is 0.299 e. The molecule has 0 radical (unpaired) electrons. The fourth-order valence-electron chi connectivity index (χ4n) is 2.02. The number of rotatable bonds is 2. The highest BCUT2D eigenvalue weighted by Gasteiger charge is 2.38. The van der Waals surface area contributed by atoms with Gasteiger partial charge in [-0.15, -0.1) is 11.3 Å². The molecule has 2 aromatic rings. The molecule has 0 bridgehead atoms. The van der Waals surface area contributed by atoms with Gasteiger partial charge in [-0.3, -0.25) is 14.5 Å². The van der Waals surface area contributed by atoms with Gasteiger partial charge in [-0.1, -0.05) is 11.6 Å². The van der Waals surface area contributed by atoms with E-state index < -0.39 is 23.3 Å². The van der Waals surface area contributed by atoms with Gasteiger partial charge in [0.05, 0.1) is 17.8 Å². The maximum absolute atomic E-state index is 13.8. The minimum atomic E-state index is -0.949. The summed E-state index contributed by atoms with van der Waals surface area (Å²) in [6, 6.07) is 1.50. The lowest BCUT2D eigenvalue weighted by atomic mass is 10.1. The predicted molar refractivity (Wildman–Crippen MR) is 69.0 cm³/mol. The van der Waals surface area contributed by atoms with Crippen LogP contribution in [0.5, 0.6) is 0 Å². The van der Waals surface area contributed by atoms with Crippen LogP contribution < -0.4 is 4.90 Å². The number of anilines is 1. The predicted octanol–water partition coefficient (Wildman–Crippen LogP) is 2.80. The van der Waals surface area contributed by atoms with Gasteiger partial charge in [0, 0.05) is 17.1 Å². The molecule has 2 heterocycles. The number of amides is 1. The van der Waals surface area contributed by atoms with Crippen LogP contribution in [-0.2, 0) is 11.3 Å². The smallest absolute Gasteiger partial charge is 0.297 e. The second-order valence-corrected chi connectivity index (χ2v) is 5.78. The number of hydrogen-bond donors (Lipinski definition) is 0. The van der Waals surface area contributed by atoms with Crippen LogP contribution in [0.3, 0.4) is 0 Å². The number of carbonyl (C=O) groups is 2. The molecule has 0 saturated carbocycles. The monoisotopic (exact) mass is 314 g/mol. The zero-order chi connectivity index (χ0) is 14.4. The quantitative estimate of drug-likeness (QED) is 0.801. The first-order valence-corrected chi connectivity index (χ1v) is 6.62. The van der Waals surface area contributed by atoms with Crippen molar-refractivity contribution < 1.29 is 18.4 Å². The number of benzene rings is 1. The molecule has 0 fully saturated rings. The van der Waals surface area contributed by atoms with Crippen LogP contribution in [0, 0.1) is 11.6 Å². The second kappa shape index (κ2) is 4.60. The van der Waals surface area contributed by atoms with Gasteiger partial charge in [0.25, 0.3) is 11.7 Å². The van der Waals surface area contributed by atoms with E-state index in [2.05, 4.69) is 4.98 Å². The first-order chi connectivity index (χ1) is 9.47. The van der Waals surface area contributed by atoms with Crippen LogP contribution in [0.1, 0.15) is 15.2 Å². The third-order valence-electron chi connectivity index (χ3n) is 2.82. The van der Waals surface area contributed by atoms with Crippen LogP contribution in [0.15, 0.2) is 18.3 Å². The Morgan fingerprint density at radius 2 is 2.05 bits per heavy atom. The van der Waals surface area contributed by atoms with E-state index in [-0.39, 0.29) is 22.3 Å². The van der Waals surface area contributed by atoms with Crippen molar-refractivity contribution in [1.29, 1.82) is 0 Å². The minimum Gasteiger partial charge on any atom is -0.297 e. The Hall–Kier alpha value is -1.86. The maximum atomic E-state index is 13.8. The van der Waals surface area contributed by atoms with Crippen molar-refractivity contribution in [3.63, 3.8) is 0 Å². The lowest BCUT2D eigenvalue weighted by molar-refractivity contribution is -0.114. The number of fused-ring (bicyclic) bond motifs is 1. The van der Waals surface area contributed by atoms with Gasteiger partial charge in [0.1, 0.15) is 5.82 Å². The molecule has 1 amide bonds. The number of halogens is 3. The van der Waals surface area contributed by atoms with Gasteiger partial charge < -0.3 is 0 Å². The van der Waals surface area contributed by atoms with Crippen LogP contribution in [0.25, 0.3) is 0 Å². The summed E-state index contributed by atoms with van der Waals surface area (Å²) < 4.78 is 27.2. The molecular formula is C12H5ClF2N2O2S. The first-order valence-electron chi connectivity index (χ1n) is 5.43. The van der Waals surface area contributed by atoms with Crippen LogP contribution >= 0.6 is 22.9 Å². The fraction of sp³-hybridized carbons (Fsp3) is 0.0833. The van der Waals surface area contributed by atoms with Crippen LogP contribution in [0.4, 0.5) is 14.5 Å². The molecule has 8 heteroatoms. The lowest BCUT2D eigenvalue weighted by Crippen LogP contribution is -2.29. The Kier molecular flexibility index (Phi) is 3.02. The summed E-state index contributed by atoms with van der Waals surface area (Å²) in [5.74, 6) is -3.66. The summed E-state index contributed by atoms with van der Waals surface area (Å²) in [5.41, 5.74) is -0.464. The molecule has 0 aliphatic carbocycles. The number of hydrogen-bond acceptors (Lipinski definition) is 4. The molecular weight excluding hydrogens is 310 g/mol. The van der Waals surface area contributed by atoms with Crippen molar-refractivity contribution in [3.8, 4) is 0 Å². The Morgan fingerprint density at radius 1 is 1.30 bits per heavy atom. The van der Waals surface area contributed by atoms with Crippen molar-refractivity contribution in [3.05, 3.63) is 44.9 Å². The SMILES string of the molecule is O=C1C(=O)N(Cc2cnc(Cl)s2)c2c(F)cc(F)cc21. The highest BCUT2D eigenvalue weighted by molar-refractivity contribution is 7.15. The Balaban J connectivity index is 2.06. The molecule has 1 aromatic heterocycles. The molecule has 102 valence electrons. The van der Waals surface area contributed by atoms with Crippen LogP contribution in [-0.4, -0.2) is 16.7 Å². The molecule has 0 spiro atoms. The zero-order valence-electron chi connectivity index (χ0n) is 9.69.